The number of halogens is 1. The summed E-state index contributed by atoms with van der Waals surface area (Å²) in [5.74, 6) is 0.415. The second-order valence-electron chi connectivity index (χ2n) is 3.47. The van der Waals surface area contributed by atoms with Gasteiger partial charge in [-0.05, 0) is 24.3 Å². The molecule has 0 aliphatic carbocycles. The number of thioether (sulfide) groups is 1. The molecule has 7 heteroatoms. The van der Waals surface area contributed by atoms with Gasteiger partial charge in [-0.2, -0.15) is 0 Å². The van der Waals surface area contributed by atoms with Crippen molar-refractivity contribution in [3.05, 3.63) is 30.1 Å². The summed E-state index contributed by atoms with van der Waals surface area (Å²) in [6.07, 6.45) is 0. The Morgan fingerprint density at radius 2 is 2.06 bits per heavy atom. The number of rotatable bonds is 1. The third-order valence-electron chi connectivity index (χ3n) is 2.30. The molecular formula is C10H7FN4OS. The Kier molecular flexibility index (Phi) is 2.32. The number of hydrogen-bond acceptors (Lipinski definition) is 4. The van der Waals surface area contributed by atoms with E-state index in [1.165, 1.54) is 28.6 Å². The molecule has 2 aromatic rings. The van der Waals surface area contributed by atoms with Gasteiger partial charge < -0.3 is 0 Å². The molecule has 0 bridgehead atoms. The molecule has 3 rings (SSSR count). The number of carbonyl (C=O) groups is 1. The fourth-order valence-corrected chi connectivity index (χ4v) is 2.22. The maximum atomic E-state index is 12.8. The van der Waals surface area contributed by atoms with Crippen molar-refractivity contribution in [2.45, 2.75) is 5.16 Å². The van der Waals surface area contributed by atoms with E-state index < -0.39 is 0 Å². The molecule has 0 unspecified atom stereocenters. The van der Waals surface area contributed by atoms with Crippen LogP contribution in [0.2, 0.25) is 0 Å². The van der Waals surface area contributed by atoms with Gasteiger partial charge in [0.05, 0.1) is 5.75 Å². The first kappa shape index (κ1) is 10.3. The minimum atomic E-state index is -0.314. The summed E-state index contributed by atoms with van der Waals surface area (Å²) < 4.78 is 14.3. The molecule has 2 heterocycles. The van der Waals surface area contributed by atoms with Crippen molar-refractivity contribution >= 4 is 17.7 Å². The highest BCUT2D eigenvalue weighted by Crippen LogP contribution is 2.25. The minimum absolute atomic E-state index is 0.106. The van der Waals surface area contributed by atoms with E-state index in [0.717, 1.165) is 0 Å². The van der Waals surface area contributed by atoms with Crippen LogP contribution in [0.25, 0.3) is 11.4 Å². The van der Waals surface area contributed by atoms with Crippen molar-refractivity contribution in [3.63, 3.8) is 0 Å². The van der Waals surface area contributed by atoms with E-state index >= 15 is 0 Å². The summed E-state index contributed by atoms with van der Waals surface area (Å²) in [7, 11) is 0. The second-order valence-corrected chi connectivity index (χ2v) is 4.41. The molecule has 0 saturated carbocycles. The lowest BCUT2D eigenvalue weighted by molar-refractivity contribution is -0.114. The molecule has 0 saturated heterocycles. The standard InChI is InChI=1S/C10H7FN4OS/c11-7-3-1-6(2-4-7)9-12-13-10-15(9)14-8(16)5-17-10/h1-4H,5H2,(H,14,16). The fourth-order valence-electron chi connectivity index (χ4n) is 1.54. The Morgan fingerprint density at radius 3 is 2.82 bits per heavy atom. The molecule has 5 nitrogen and oxygen atoms in total. The lowest BCUT2D eigenvalue weighted by Crippen LogP contribution is -2.29. The zero-order chi connectivity index (χ0) is 11.8. The molecule has 1 aromatic carbocycles. The number of aromatic nitrogens is 3. The molecule has 1 aliphatic heterocycles. The Labute approximate surface area is 100 Å². The van der Waals surface area contributed by atoms with Crippen molar-refractivity contribution in [2.24, 2.45) is 0 Å². The van der Waals surface area contributed by atoms with Gasteiger partial charge in [0, 0.05) is 5.56 Å². The van der Waals surface area contributed by atoms with Crippen molar-refractivity contribution < 1.29 is 9.18 Å². The lowest BCUT2D eigenvalue weighted by atomic mass is 10.2. The smallest absolute Gasteiger partial charge is 0.249 e. The first-order chi connectivity index (χ1) is 8.24. The van der Waals surface area contributed by atoms with Gasteiger partial charge in [-0.3, -0.25) is 10.2 Å². The van der Waals surface area contributed by atoms with Crippen molar-refractivity contribution in [1.29, 1.82) is 0 Å². The highest BCUT2D eigenvalue weighted by Gasteiger charge is 2.21. The summed E-state index contributed by atoms with van der Waals surface area (Å²) in [4.78, 5) is 11.3. The number of benzene rings is 1. The predicted octanol–water partition coefficient (Wildman–Crippen LogP) is 1.26. The van der Waals surface area contributed by atoms with Gasteiger partial charge in [0.15, 0.2) is 5.82 Å². The van der Waals surface area contributed by atoms with Gasteiger partial charge in [0.2, 0.25) is 11.1 Å². The highest BCUT2D eigenvalue weighted by molar-refractivity contribution is 7.99. The number of amides is 1. The van der Waals surface area contributed by atoms with Crippen LogP contribution < -0.4 is 5.43 Å². The summed E-state index contributed by atoms with van der Waals surface area (Å²) in [6, 6.07) is 5.87. The van der Waals surface area contributed by atoms with E-state index in [2.05, 4.69) is 15.6 Å². The number of fused-ring (bicyclic) bond motifs is 1. The zero-order valence-corrected chi connectivity index (χ0v) is 9.37. The van der Waals surface area contributed by atoms with E-state index in [1.54, 1.807) is 12.1 Å². The van der Waals surface area contributed by atoms with Gasteiger partial charge in [0.1, 0.15) is 5.82 Å². The maximum absolute atomic E-state index is 12.8. The summed E-state index contributed by atoms with van der Waals surface area (Å²) >= 11 is 1.32. The maximum Gasteiger partial charge on any atom is 0.249 e. The van der Waals surface area contributed by atoms with Gasteiger partial charge in [-0.15, -0.1) is 10.2 Å². The number of carbonyl (C=O) groups excluding carboxylic acids is 1. The highest BCUT2D eigenvalue weighted by atomic mass is 32.2. The predicted molar refractivity (Wildman–Crippen MR) is 60.5 cm³/mol. The van der Waals surface area contributed by atoms with Crippen LogP contribution in [-0.4, -0.2) is 26.5 Å². The number of nitrogens with one attached hydrogen (secondary N) is 1. The average Bonchev–Trinajstić information content (AvgIpc) is 2.73. The van der Waals surface area contributed by atoms with Crippen molar-refractivity contribution in [3.8, 4) is 11.4 Å². The van der Waals surface area contributed by atoms with Gasteiger partial charge in [0.25, 0.3) is 0 Å². The van der Waals surface area contributed by atoms with Crippen molar-refractivity contribution in [2.75, 3.05) is 11.2 Å². The van der Waals surface area contributed by atoms with Gasteiger partial charge in [-0.1, -0.05) is 11.8 Å². The van der Waals surface area contributed by atoms with Crippen LogP contribution in [0.15, 0.2) is 29.4 Å². The molecule has 0 fully saturated rings. The molecule has 1 N–H and O–H groups in total. The van der Waals surface area contributed by atoms with Crippen LogP contribution in [0, 0.1) is 5.82 Å². The van der Waals surface area contributed by atoms with E-state index in [1.807, 2.05) is 0 Å². The molecular weight excluding hydrogens is 243 g/mol. The van der Waals surface area contributed by atoms with Crippen molar-refractivity contribution in [1.82, 2.24) is 14.9 Å². The zero-order valence-electron chi connectivity index (χ0n) is 8.55. The van der Waals surface area contributed by atoms with Crippen LogP contribution >= 0.6 is 11.8 Å². The van der Waals surface area contributed by atoms with Gasteiger partial charge in [-0.25, -0.2) is 9.07 Å². The lowest BCUT2D eigenvalue weighted by Gasteiger charge is -2.15. The molecule has 0 atom stereocenters. The quantitative estimate of drug-likeness (QED) is 0.827. The summed E-state index contributed by atoms with van der Waals surface area (Å²) in [5, 5.41) is 8.57. The molecule has 0 spiro atoms. The Hall–Kier alpha value is -1.89. The van der Waals surface area contributed by atoms with E-state index in [4.69, 9.17) is 0 Å². The fraction of sp³-hybridized carbons (Fsp3) is 0.100. The summed E-state index contributed by atoms with van der Waals surface area (Å²) in [5.41, 5.74) is 3.36. The van der Waals surface area contributed by atoms with E-state index in [-0.39, 0.29) is 11.7 Å². The van der Waals surface area contributed by atoms with Gasteiger partial charge >= 0.3 is 0 Å². The number of hydrogen-bond donors (Lipinski definition) is 1. The van der Waals surface area contributed by atoms with E-state index in [0.29, 0.717) is 22.3 Å². The minimum Gasteiger partial charge on any atom is -0.272 e. The van der Waals surface area contributed by atoms with Crippen LogP contribution in [0.5, 0.6) is 0 Å². The third-order valence-corrected chi connectivity index (χ3v) is 3.23. The average molecular weight is 250 g/mol. The third kappa shape index (κ3) is 1.78. The van der Waals surface area contributed by atoms with Crippen LogP contribution in [0.3, 0.4) is 0 Å². The topological polar surface area (TPSA) is 59.8 Å². The summed E-state index contributed by atoms with van der Waals surface area (Å²) in [6.45, 7) is 0. The molecule has 1 aromatic heterocycles. The van der Waals surface area contributed by atoms with Crippen LogP contribution in [-0.2, 0) is 4.79 Å². The second kappa shape index (κ2) is 3.85. The number of nitrogens with zero attached hydrogens (tertiary/aromatic N) is 3. The Morgan fingerprint density at radius 1 is 1.29 bits per heavy atom. The molecule has 17 heavy (non-hydrogen) atoms. The Bertz CT molecular complexity index is 580. The Balaban J connectivity index is 2.07. The molecule has 1 aliphatic rings. The normalized spacial score (nSPS) is 14.3. The largest absolute Gasteiger partial charge is 0.272 e. The monoisotopic (exact) mass is 250 g/mol. The van der Waals surface area contributed by atoms with E-state index in [9.17, 15) is 9.18 Å². The van der Waals surface area contributed by atoms with Crippen LogP contribution in [0.4, 0.5) is 4.39 Å². The van der Waals surface area contributed by atoms with Crippen LogP contribution in [0.1, 0.15) is 0 Å². The molecule has 0 radical (unpaired) electrons. The first-order valence-corrected chi connectivity index (χ1v) is 5.86. The SMILES string of the molecule is O=C1CSc2nnc(-c3ccc(F)cc3)n2N1. The molecule has 86 valence electrons. The first-order valence-electron chi connectivity index (χ1n) is 4.88. The molecule has 1 amide bonds.